The van der Waals surface area contributed by atoms with Crippen LogP contribution >= 0.6 is 0 Å². The van der Waals surface area contributed by atoms with E-state index in [1.807, 2.05) is 0 Å². The highest BCUT2D eigenvalue weighted by Gasteiger charge is 2.12. The fourth-order valence-corrected chi connectivity index (χ4v) is 2.55. The molecule has 3 nitrogen and oxygen atoms in total. The number of benzene rings is 1. The molecule has 1 aromatic carbocycles. The van der Waals surface area contributed by atoms with Gasteiger partial charge in [0.1, 0.15) is 0 Å². The Kier molecular flexibility index (Phi) is 5.67. The van der Waals surface area contributed by atoms with E-state index in [2.05, 4.69) is 53.6 Å². The molecular weight excluding hydrogens is 234 g/mol. The number of anilines is 1. The SMILES string of the molecule is CCc1ccc(NCC(C)CN2CCNCC2)cc1. The molecule has 3 heteroatoms. The smallest absolute Gasteiger partial charge is 0.0340 e. The van der Waals surface area contributed by atoms with Crippen LogP contribution in [0.5, 0.6) is 0 Å². The predicted octanol–water partition coefficient (Wildman–Crippen LogP) is 2.20. The van der Waals surface area contributed by atoms with E-state index >= 15 is 0 Å². The summed E-state index contributed by atoms with van der Waals surface area (Å²) >= 11 is 0. The lowest BCUT2D eigenvalue weighted by Crippen LogP contribution is -2.45. The van der Waals surface area contributed by atoms with Gasteiger partial charge in [0, 0.05) is 45.0 Å². The Balaban J connectivity index is 1.71. The number of rotatable bonds is 6. The molecule has 0 amide bonds. The van der Waals surface area contributed by atoms with Gasteiger partial charge in [0.15, 0.2) is 0 Å². The molecule has 2 rings (SSSR count). The molecule has 106 valence electrons. The Morgan fingerprint density at radius 3 is 2.53 bits per heavy atom. The van der Waals surface area contributed by atoms with Crippen molar-refractivity contribution in [2.45, 2.75) is 20.3 Å². The van der Waals surface area contributed by atoms with Gasteiger partial charge in [-0.1, -0.05) is 26.0 Å². The molecule has 0 aromatic heterocycles. The van der Waals surface area contributed by atoms with Crippen LogP contribution in [0.2, 0.25) is 0 Å². The van der Waals surface area contributed by atoms with Crippen LogP contribution in [0.1, 0.15) is 19.4 Å². The first kappa shape index (κ1) is 14.4. The molecule has 0 aliphatic carbocycles. The Morgan fingerprint density at radius 1 is 1.21 bits per heavy atom. The van der Waals surface area contributed by atoms with Crippen LogP contribution in [0, 0.1) is 5.92 Å². The summed E-state index contributed by atoms with van der Waals surface area (Å²) < 4.78 is 0. The Morgan fingerprint density at radius 2 is 1.89 bits per heavy atom. The van der Waals surface area contributed by atoms with Crippen LogP contribution in [-0.4, -0.2) is 44.2 Å². The van der Waals surface area contributed by atoms with Crippen LogP contribution < -0.4 is 10.6 Å². The average Bonchev–Trinajstić information content (AvgIpc) is 2.47. The summed E-state index contributed by atoms with van der Waals surface area (Å²) in [5.41, 5.74) is 2.64. The number of nitrogens with one attached hydrogen (secondary N) is 2. The first-order valence-electron chi connectivity index (χ1n) is 7.54. The number of nitrogens with zero attached hydrogens (tertiary/aromatic N) is 1. The van der Waals surface area contributed by atoms with Crippen molar-refractivity contribution in [1.82, 2.24) is 10.2 Å². The molecule has 0 bridgehead atoms. The lowest BCUT2D eigenvalue weighted by Gasteiger charge is -2.29. The highest BCUT2D eigenvalue weighted by atomic mass is 15.2. The third kappa shape index (κ3) is 4.84. The second-order valence-corrected chi connectivity index (χ2v) is 5.59. The number of aryl methyl sites for hydroxylation is 1. The molecule has 1 unspecified atom stereocenters. The normalized spacial score (nSPS) is 18.2. The molecule has 1 aliphatic rings. The Hall–Kier alpha value is -1.06. The first-order valence-corrected chi connectivity index (χ1v) is 7.54. The fourth-order valence-electron chi connectivity index (χ4n) is 2.55. The summed E-state index contributed by atoms with van der Waals surface area (Å²) in [4.78, 5) is 2.56. The van der Waals surface area contributed by atoms with Crippen molar-refractivity contribution in [2.75, 3.05) is 44.6 Å². The second-order valence-electron chi connectivity index (χ2n) is 5.59. The van der Waals surface area contributed by atoms with Gasteiger partial charge in [-0.3, -0.25) is 0 Å². The number of hydrogen-bond acceptors (Lipinski definition) is 3. The van der Waals surface area contributed by atoms with Crippen molar-refractivity contribution in [2.24, 2.45) is 5.92 Å². The van der Waals surface area contributed by atoms with Gasteiger partial charge in [-0.05, 0) is 30.0 Å². The molecule has 2 N–H and O–H groups in total. The van der Waals surface area contributed by atoms with Crippen LogP contribution in [0.25, 0.3) is 0 Å². The minimum Gasteiger partial charge on any atom is -0.385 e. The summed E-state index contributed by atoms with van der Waals surface area (Å²) in [5.74, 6) is 0.684. The molecule has 1 heterocycles. The molecule has 1 atom stereocenters. The zero-order valence-electron chi connectivity index (χ0n) is 12.3. The zero-order chi connectivity index (χ0) is 13.5. The summed E-state index contributed by atoms with van der Waals surface area (Å²) in [7, 11) is 0. The van der Waals surface area contributed by atoms with E-state index < -0.39 is 0 Å². The third-order valence-electron chi connectivity index (χ3n) is 3.80. The Bertz CT molecular complexity index is 355. The summed E-state index contributed by atoms with van der Waals surface area (Å²) in [5, 5.41) is 6.94. The summed E-state index contributed by atoms with van der Waals surface area (Å²) in [6.45, 7) is 11.4. The highest BCUT2D eigenvalue weighted by Crippen LogP contribution is 2.11. The molecular formula is C16H27N3. The van der Waals surface area contributed by atoms with E-state index in [-0.39, 0.29) is 0 Å². The minimum atomic E-state index is 0.684. The van der Waals surface area contributed by atoms with Crippen LogP contribution in [0.3, 0.4) is 0 Å². The van der Waals surface area contributed by atoms with Gasteiger partial charge < -0.3 is 15.5 Å². The van der Waals surface area contributed by atoms with Crippen molar-refractivity contribution >= 4 is 5.69 Å². The van der Waals surface area contributed by atoms with Crippen molar-refractivity contribution < 1.29 is 0 Å². The molecule has 1 aromatic rings. The van der Waals surface area contributed by atoms with Gasteiger partial charge >= 0.3 is 0 Å². The monoisotopic (exact) mass is 261 g/mol. The van der Waals surface area contributed by atoms with Crippen LogP contribution in [0.4, 0.5) is 5.69 Å². The molecule has 1 aliphatic heterocycles. The molecule has 19 heavy (non-hydrogen) atoms. The van der Waals surface area contributed by atoms with Gasteiger partial charge in [0.05, 0.1) is 0 Å². The van der Waals surface area contributed by atoms with Gasteiger partial charge in [-0.15, -0.1) is 0 Å². The quantitative estimate of drug-likeness (QED) is 0.822. The molecule has 1 fully saturated rings. The van der Waals surface area contributed by atoms with Crippen molar-refractivity contribution in [3.63, 3.8) is 0 Å². The van der Waals surface area contributed by atoms with Crippen molar-refractivity contribution in [1.29, 1.82) is 0 Å². The number of piperazine rings is 1. The maximum atomic E-state index is 3.54. The topological polar surface area (TPSA) is 27.3 Å². The molecule has 0 radical (unpaired) electrons. The van der Waals surface area contributed by atoms with Gasteiger partial charge in [-0.2, -0.15) is 0 Å². The van der Waals surface area contributed by atoms with E-state index in [0.29, 0.717) is 5.92 Å². The average molecular weight is 261 g/mol. The fraction of sp³-hybridized carbons (Fsp3) is 0.625. The van der Waals surface area contributed by atoms with E-state index in [4.69, 9.17) is 0 Å². The molecule has 0 spiro atoms. The third-order valence-corrected chi connectivity index (χ3v) is 3.80. The van der Waals surface area contributed by atoms with Gasteiger partial charge in [0.2, 0.25) is 0 Å². The lowest BCUT2D eigenvalue weighted by atomic mass is 10.1. The minimum absolute atomic E-state index is 0.684. The highest BCUT2D eigenvalue weighted by molar-refractivity contribution is 5.44. The van der Waals surface area contributed by atoms with Gasteiger partial charge in [-0.25, -0.2) is 0 Å². The van der Waals surface area contributed by atoms with E-state index in [1.165, 1.54) is 30.9 Å². The predicted molar refractivity (Wildman–Crippen MR) is 82.8 cm³/mol. The summed E-state index contributed by atoms with van der Waals surface area (Å²) in [6.07, 6.45) is 1.11. The molecule has 0 saturated carbocycles. The maximum absolute atomic E-state index is 3.54. The van der Waals surface area contributed by atoms with E-state index in [1.54, 1.807) is 0 Å². The largest absolute Gasteiger partial charge is 0.385 e. The standard InChI is InChI=1S/C16H27N3/c1-3-15-4-6-16(7-5-15)18-12-14(2)13-19-10-8-17-9-11-19/h4-7,14,17-18H,3,8-13H2,1-2H3. The van der Waals surface area contributed by atoms with E-state index in [9.17, 15) is 0 Å². The van der Waals surface area contributed by atoms with Crippen LogP contribution in [-0.2, 0) is 6.42 Å². The second kappa shape index (κ2) is 7.51. The van der Waals surface area contributed by atoms with Crippen molar-refractivity contribution in [3.8, 4) is 0 Å². The zero-order valence-corrected chi connectivity index (χ0v) is 12.3. The first-order chi connectivity index (χ1) is 9.28. The maximum Gasteiger partial charge on any atom is 0.0340 e. The lowest BCUT2D eigenvalue weighted by molar-refractivity contribution is 0.215. The van der Waals surface area contributed by atoms with E-state index in [0.717, 1.165) is 26.1 Å². The van der Waals surface area contributed by atoms with Gasteiger partial charge in [0.25, 0.3) is 0 Å². The number of hydrogen-bond donors (Lipinski definition) is 2. The molecule has 1 saturated heterocycles. The summed E-state index contributed by atoms with van der Waals surface area (Å²) in [6, 6.07) is 8.80. The Labute approximate surface area is 117 Å². The van der Waals surface area contributed by atoms with Crippen LogP contribution in [0.15, 0.2) is 24.3 Å². The van der Waals surface area contributed by atoms with Crippen molar-refractivity contribution in [3.05, 3.63) is 29.8 Å².